The lowest BCUT2D eigenvalue weighted by Crippen LogP contribution is -2.58. The third-order valence-corrected chi connectivity index (χ3v) is 5.20. The number of primary amides is 1. The Kier molecular flexibility index (Phi) is 10.5. The van der Waals surface area contributed by atoms with Gasteiger partial charge in [-0.2, -0.15) is 0 Å². The number of aliphatic carboxylic acids is 2. The van der Waals surface area contributed by atoms with E-state index in [0.717, 1.165) is 6.42 Å². The molecular weight excluding hydrogens is 426 g/mol. The summed E-state index contributed by atoms with van der Waals surface area (Å²) < 4.78 is 0. The van der Waals surface area contributed by atoms with Crippen molar-refractivity contribution in [1.82, 2.24) is 21.3 Å². The summed E-state index contributed by atoms with van der Waals surface area (Å²) in [6, 6.07) is -4.92. The van der Waals surface area contributed by atoms with Gasteiger partial charge in [0.1, 0.15) is 18.1 Å². The van der Waals surface area contributed by atoms with E-state index in [1.54, 1.807) is 13.8 Å². The number of carboxylic acid groups (broad SMARTS) is 2. The van der Waals surface area contributed by atoms with Crippen molar-refractivity contribution in [1.29, 1.82) is 0 Å². The van der Waals surface area contributed by atoms with Gasteiger partial charge in [-0.1, -0.05) is 20.3 Å². The Morgan fingerprint density at radius 2 is 1.59 bits per heavy atom. The maximum Gasteiger partial charge on any atom is 0.326 e. The largest absolute Gasteiger partial charge is 0.481 e. The molecule has 4 amide bonds. The first-order chi connectivity index (χ1) is 15.0. The van der Waals surface area contributed by atoms with Crippen molar-refractivity contribution >= 4 is 35.6 Å². The highest BCUT2D eigenvalue weighted by Gasteiger charge is 2.34. The highest BCUT2D eigenvalue weighted by molar-refractivity contribution is 5.97. The highest BCUT2D eigenvalue weighted by atomic mass is 16.4. The molecule has 0 saturated carbocycles. The third-order valence-electron chi connectivity index (χ3n) is 5.20. The van der Waals surface area contributed by atoms with Crippen molar-refractivity contribution in [2.24, 2.45) is 11.7 Å². The Labute approximate surface area is 184 Å². The SMILES string of the molecule is CCC(C)C(NC(=O)C(CC(N)=O)NC(=O)C(CC(=O)O)NC(=O)C1CCCN1)C(=O)O. The number of carbonyl (C=O) groups is 6. The predicted octanol–water partition coefficient (Wildman–Crippen LogP) is -2.33. The molecule has 1 heterocycles. The van der Waals surface area contributed by atoms with Crippen LogP contribution in [0.3, 0.4) is 0 Å². The van der Waals surface area contributed by atoms with E-state index >= 15 is 0 Å². The van der Waals surface area contributed by atoms with E-state index in [-0.39, 0.29) is 0 Å². The lowest BCUT2D eigenvalue weighted by molar-refractivity contribution is -0.144. The van der Waals surface area contributed by atoms with Gasteiger partial charge in [-0.15, -0.1) is 0 Å². The van der Waals surface area contributed by atoms with Gasteiger partial charge in [-0.05, 0) is 25.3 Å². The van der Waals surface area contributed by atoms with Crippen molar-refractivity contribution in [2.75, 3.05) is 6.54 Å². The number of hydrogen-bond donors (Lipinski definition) is 7. The second kappa shape index (κ2) is 12.6. The molecule has 5 atom stereocenters. The van der Waals surface area contributed by atoms with Gasteiger partial charge in [0.05, 0.1) is 18.9 Å². The fourth-order valence-corrected chi connectivity index (χ4v) is 3.18. The molecule has 0 spiro atoms. The Hall–Kier alpha value is -3.22. The average molecular weight is 457 g/mol. The Morgan fingerprint density at radius 3 is 2.06 bits per heavy atom. The molecule has 5 unspecified atom stereocenters. The second-order valence-electron chi connectivity index (χ2n) is 7.75. The quantitative estimate of drug-likeness (QED) is 0.158. The number of carbonyl (C=O) groups excluding carboxylic acids is 4. The lowest BCUT2D eigenvalue weighted by atomic mass is 9.98. The lowest BCUT2D eigenvalue weighted by Gasteiger charge is -2.25. The first-order valence-electron chi connectivity index (χ1n) is 10.3. The summed E-state index contributed by atoms with van der Waals surface area (Å²) in [7, 11) is 0. The van der Waals surface area contributed by atoms with Crippen LogP contribution in [-0.2, 0) is 28.8 Å². The van der Waals surface area contributed by atoms with Gasteiger partial charge >= 0.3 is 11.9 Å². The molecule has 1 aliphatic heterocycles. The molecular formula is C19H31N5O8. The minimum absolute atomic E-state index is 0.437. The number of hydrogen-bond acceptors (Lipinski definition) is 7. The molecule has 8 N–H and O–H groups in total. The van der Waals surface area contributed by atoms with Gasteiger partial charge in [0, 0.05) is 0 Å². The van der Waals surface area contributed by atoms with Crippen LogP contribution in [0.5, 0.6) is 0 Å². The van der Waals surface area contributed by atoms with Crippen molar-refractivity contribution in [3.8, 4) is 0 Å². The molecule has 0 aromatic carbocycles. The van der Waals surface area contributed by atoms with E-state index in [0.29, 0.717) is 19.4 Å². The fraction of sp³-hybridized carbons (Fsp3) is 0.684. The van der Waals surface area contributed by atoms with E-state index in [1.807, 2.05) is 0 Å². The van der Waals surface area contributed by atoms with Crippen LogP contribution in [0.2, 0.25) is 0 Å². The van der Waals surface area contributed by atoms with Gasteiger partial charge in [0.15, 0.2) is 0 Å². The molecule has 32 heavy (non-hydrogen) atoms. The molecule has 0 bridgehead atoms. The van der Waals surface area contributed by atoms with Crippen LogP contribution in [0, 0.1) is 5.92 Å². The summed E-state index contributed by atoms with van der Waals surface area (Å²) in [6.07, 6.45) is 0.288. The van der Waals surface area contributed by atoms with Gasteiger partial charge in [0.25, 0.3) is 0 Å². The molecule has 180 valence electrons. The highest BCUT2D eigenvalue weighted by Crippen LogP contribution is 2.09. The maximum absolute atomic E-state index is 12.7. The summed E-state index contributed by atoms with van der Waals surface area (Å²) in [6.45, 7) is 3.94. The van der Waals surface area contributed by atoms with Crippen LogP contribution < -0.4 is 27.0 Å². The molecule has 0 radical (unpaired) electrons. The topological polar surface area (TPSA) is 217 Å². The van der Waals surface area contributed by atoms with E-state index in [1.165, 1.54) is 0 Å². The first kappa shape index (κ1) is 26.8. The van der Waals surface area contributed by atoms with Crippen molar-refractivity contribution in [3.05, 3.63) is 0 Å². The molecule has 1 saturated heterocycles. The zero-order valence-corrected chi connectivity index (χ0v) is 18.1. The van der Waals surface area contributed by atoms with Crippen molar-refractivity contribution in [2.45, 2.75) is 70.1 Å². The van der Waals surface area contributed by atoms with Gasteiger partial charge in [-0.25, -0.2) is 4.79 Å². The first-order valence-corrected chi connectivity index (χ1v) is 10.3. The molecule has 13 nitrogen and oxygen atoms in total. The third kappa shape index (κ3) is 8.49. The number of nitrogens with two attached hydrogens (primary N) is 1. The number of nitrogens with one attached hydrogen (secondary N) is 4. The Balaban J connectivity index is 2.96. The van der Waals surface area contributed by atoms with E-state index in [2.05, 4.69) is 21.3 Å². The van der Waals surface area contributed by atoms with Crippen LogP contribution in [0.1, 0.15) is 46.0 Å². The normalized spacial score (nSPS) is 19.1. The summed E-state index contributed by atoms with van der Waals surface area (Å²) in [5.74, 6) is -6.62. The Bertz CT molecular complexity index is 737. The molecule has 1 rings (SSSR count). The van der Waals surface area contributed by atoms with Crippen LogP contribution in [0.15, 0.2) is 0 Å². The molecule has 1 fully saturated rings. The molecule has 13 heteroatoms. The molecule has 0 aromatic heterocycles. The van der Waals surface area contributed by atoms with E-state index in [9.17, 15) is 33.9 Å². The van der Waals surface area contributed by atoms with Crippen LogP contribution in [0.25, 0.3) is 0 Å². The van der Waals surface area contributed by atoms with Gasteiger partial charge in [-0.3, -0.25) is 24.0 Å². The number of carboxylic acids is 2. The molecule has 1 aliphatic rings. The summed E-state index contributed by atoms with van der Waals surface area (Å²) >= 11 is 0. The standard InChI is InChI=1S/C19H31N5O8/c1-3-9(2)15(19(31)32)24-18(30)11(7-13(20)25)22-17(29)12(8-14(26)27)23-16(28)10-5-4-6-21-10/h9-12,15,21H,3-8H2,1-2H3,(H2,20,25)(H,22,29)(H,23,28)(H,24,30)(H,26,27)(H,31,32). The van der Waals surface area contributed by atoms with Crippen LogP contribution in [-0.4, -0.2) is 76.5 Å². The van der Waals surface area contributed by atoms with E-state index < -0.39 is 78.5 Å². The van der Waals surface area contributed by atoms with Gasteiger partial charge in [0.2, 0.25) is 23.6 Å². The summed E-state index contributed by atoms with van der Waals surface area (Å²) in [5, 5.41) is 28.2. The van der Waals surface area contributed by atoms with Gasteiger partial charge < -0.3 is 37.2 Å². The van der Waals surface area contributed by atoms with Crippen LogP contribution in [0.4, 0.5) is 0 Å². The minimum atomic E-state index is -1.55. The second-order valence-corrected chi connectivity index (χ2v) is 7.75. The minimum Gasteiger partial charge on any atom is -0.481 e. The Morgan fingerprint density at radius 1 is 1.00 bits per heavy atom. The smallest absolute Gasteiger partial charge is 0.326 e. The zero-order valence-electron chi connectivity index (χ0n) is 18.1. The molecule has 0 aliphatic carbocycles. The van der Waals surface area contributed by atoms with Crippen LogP contribution >= 0.6 is 0 Å². The molecule has 0 aromatic rings. The predicted molar refractivity (Wildman–Crippen MR) is 110 cm³/mol. The zero-order chi connectivity index (χ0) is 24.4. The number of rotatable bonds is 13. The summed E-state index contributed by atoms with van der Waals surface area (Å²) in [4.78, 5) is 71.6. The van der Waals surface area contributed by atoms with Crippen molar-refractivity contribution in [3.63, 3.8) is 0 Å². The summed E-state index contributed by atoms with van der Waals surface area (Å²) in [5.41, 5.74) is 5.15. The number of amides is 4. The van der Waals surface area contributed by atoms with Crippen molar-refractivity contribution < 1.29 is 39.0 Å². The average Bonchev–Trinajstić information content (AvgIpc) is 3.24. The fourth-order valence-electron chi connectivity index (χ4n) is 3.18. The maximum atomic E-state index is 12.7. The van der Waals surface area contributed by atoms with E-state index in [4.69, 9.17) is 10.8 Å². The monoisotopic (exact) mass is 457 g/mol.